The van der Waals surface area contributed by atoms with Gasteiger partial charge in [-0.05, 0) is 48.2 Å². The van der Waals surface area contributed by atoms with Crippen LogP contribution in [0.25, 0.3) is 0 Å². The van der Waals surface area contributed by atoms with E-state index in [4.69, 9.17) is 4.74 Å². The van der Waals surface area contributed by atoms with Crippen molar-refractivity contribution >= 4 is 28.7 Å². The highest BCUT2D eigenvalue weighted by molar-refractivity contribution is 7.13. The SMILES string of the molecule is COC(=O)Cc1csc(N/N=C\c2ccc(OCCCc3ccccc3)cc2)n1. The standard InChI is InChI=1S/C22H23N3O3S/c1-27-21(26)14-19-16-29-22(24-19)25-23-15-18-9-11-20(12-10-18)28-13-5-8-17-6-3-2-4-7-17/h2-4,6-7,9-12,15-16H,5,8,13-14H2,1H3,(H,24,25)/b23-15-. The van der Waals surface area contributed by atoms with Crippen molar-refractivity contribution < 1.29 is 14.3 Å². The molecule has 6 nitrogen and oxygen atoms in total. The topological polar surface area (TPSA) is 72.8 Å². The molecular formula is C22H23N3O3S. The molecule has 150 valence electrons. The highest BCUT2D eigenvalue weighted by Crippen LogP contribution is 2.16. The van der Waals surface area contributed by atoms with Gasteiger partial charge in [-0.3, -0.25) is 10.2 Å². The van der Waals surface area contributed by atoms with Crippen LogP contribution < -0.4 is 10.2 Å². The molecule has 1 aromatic heterocycles. The number of nitrogens with zero attached hydrogens (tertiary/aromatic N) is 2. The number of hydrazone groups is 1. The van der Waals surface area contributed by atoms with Gasteiger partial charge in [-0.25, -0.2) is 4.98 Å². The van der Waals surface area contributed by atoms with Crippen molar-refractivity contribution in [2.24, 2.45) is 5.10 Å². The zero-order chi connectivity index (χ0) is 20.3. The molecule has 0 aliphatic rings. The van der Waals surface area contributed by atoms with E-state index in [1.807, 2.05) is 30.3 Å². The number of carbonyl (C=O) groups excluding carboxylic acids is 1. The van der Waals surface area contributed by atoms with Gasteiger partial charge in [0, 0.05) is 5.38 Å². The summed E-state index contributed by atoms with van der Waals surface area (Å²) >= 11 is 1.39. The molecule has 0 saturated heterocycles. The fourth-order valence-electron chi connectivity index (χ4n) is 2.58. The molecule has 0 bridgehead atoms. The Morgan fingerprint density at radius 2 is 1.97 bits per heavy atom. The van der Waals surface area contributed by atoms with Crippen molar-refractivity contribution in [3.8, 4) is 5.75 Å². The van der Waals surface area contributed by atoms with Crippen molar-refractivity contribution in [1.82, 2.24) is 4.98 Å². The highest BCUT2D eigenvalue weighted by atomic mass is 32.1. The van der Waals surface area contributed by atoms with Crippen LogP contribution in [-0.2, 0) is 22.4 Å². The zero-order valence-electron chi connectivity index (χ0n) is 16.2. The van der Waals surface area contributed by atoms with Crippen LogP contribution in [0.2, 0.25) is 0 Å². The normalized spacial score (nSPS) is 10.8. The summed E-state index contributed by atoms with van der Waals surface area (Å²) in [5.74, 6) is 0.531. The minimum Gasteiger partial charge on any atom is -0.494 e. The number of rotatable bonds is 10. The lowest BCUT2D eigenvalue weighted by molar-refractivity contribution is -0.139. The molecule has 7 heteroatoms. The van der Waals surface area contributed by atoms with E-state index >= 15 is 0 Å². The van der Waals surface area contributed by atoms with Crippen molar-refractivity contribution in [1.29, 1.82) is 0 Å². The smallest absolute Gasteiger partial charge is 0.311 e. The molecular weight excluding hydrogens is 386 g/mol. The Bertz CT molecular complexity index is 924. The van der Waals surface area contributed by atoms with Gasteiger partial charge >= 0.3 is 5.97 Å². The third kappa shape index (κ3) is 7.04. The van der Waals surface area contributed by atoms with Gasteiger partial charge in [0.05, 0.1) is 32.0 Å². The van der Waals surface area contributed by atoms with Crippen molar-refractivity contribution in [3.05, 3.63) is 76.8 Å². The largest absolute Gasteiger partial charge is 0.494 e. The van der Waals surface area contributed by atoms with Gasteiger partial charge in [0.1, 0.15) is 5.75 Å². The third-order valence-electron chi connectivity index (χ3n) is 4.08. The maximum Gasteiger partial charge on any atom is 0.311 e. The Morgan fingerprint density at radius 1 is 1.17 bits per heavy atom. The fraction of sp³-hybridized carbons (Fsp3) is 0.227. The predicted molar refractivity (Wildman–Crippen MR) is 116 cm³/mol. The lowest BCUT2D eigenvalue weighted by Crippen LogP contribution is -2.04. The Morgan fingerprint density at radius 3 is 2.72 bits per heavy atom. The van der Waals surface area contributed by atoms with Crippen molar-refractivity contribution in [2.75, 3.05) is 19.1 Å². The number of benzene rings is 2. The quantitative estimate of drug-likeness (QED) is 0.234. The van der Waals surface area contributed by atoms with Crippen molar-refractivity contribution in [3.63, 3.8) is 0 Å². The van der Waals surface area contributed by atoms with Crippen LogP contribution in [0.15, 0.2) is 65.1 Å². The summed E-state index contributed by atoms with van der Waals surface area (Å²) in [6.07, 6.45) is 3.85. The van der Waals surface area contributed by atoms with Crippen molar-refractivity contribution in [2.45, 2.75) is 19.3 Å². The molecule has 2 aromatic carbocycles. The minimum absolute atomic E-state index is 0.158. The van der Waals surface area contributed by atoms with Crippen LogP contribution in [-0.4, -0.2) is 30.9 Å². The number of aromatic nitrogens is 1. The van der Waals surface area contributed by atoms with E-state index in [0.29, 0.717) is 17.4 Å². The lowest BCUT2D eigenvalue weighted by Gasteiger charge is -2.06. The third-order valence-corrected chi connectivity index (χ3v) is 4.88. The van der Waals surface area contributed by atoms with E-state index in [1.165, 1.54) is 24.0 Å². The van der Waals surface area contributed by atoms with E-state index in [-0.39, 0.29) is 12.4 Å². The van der Waals surface area contributed by atoms with E-state index in [9.17, 15) is 4.79 Å². The van der Waals surface area contributed by atoms with Gasteiger partial charge in [0.15, 0.2) is 0 Å². The van der Waals surface area contributed by atoms with Gasteiger partial charge in [0.25, 0.3) is 0 Å². The number of nitrogens with one attached hydrogen (secondary N) is 1. The molecule has 1 heterocycles. The molecule has 0 unspecified atom stereocenters. The predicted octanol–water partition coefficient (Wildman–Crippen LogP) is 4.32. The Kier molecular flexibility index (Phi) is 7.77. The van der Waals surface area contributed by atoms with Gasteiger partial charge in [-0.2, -0.15) is 5.10 Å². The second kappa shape index (κ2) is 11.0. The molecule has 1 N–H and O–H groups in total. The number of ether oxygens (including phenoxy) is 2. The molecule has 0 aliphatic carbocycles. The van der Waals surface area contributed by atoms with Gasteiger partial charge in [0.2, 0.25) is 5.13 Å². The Balaban J connectivity index is 1.40. The van der Waals surface area contributed by atoms with Crippen LogP contribution >= 0.6 is 11.3 Å². The minimum atomic E-state index is -0.312. The zero-order valence-corrected chi connectivity index (χ0v) is 17.0. The Labute approximate surface area is 174 Å². The Hall–Kier alpha value is -3.19. The number of hydrogen-bond acceptors (Lipinski definition) is 7. The number of carbonyl (C=O) groups is 1. The number of methoxy groups -OCH3 is 1. The number of aryl methyl sites for hydroxylation is 1. The maximum atomic E-state index is 11.2. The summed E-state index contributed by atoms with van der Waals surface area (Å²) in [5.41, 5.74) is 5.80. The summed E-state index contributed by atoms with van der Waals surface area (Å²) in [4.78, 5) is 15.5. The molecule has 0 fully saturated rings. The first-order valence-electron chi connectivity index (χ1n) is 9.30. The average Bonchev–Trinajstić information content (AvgIpc) is 3.20. The number of thiazole rings is 1. The van der Waals surface area contributed by atoms with Crippen LogP contribution in [0.5, 0.6) is 5.75 Å². The second-order valence-electron chi connectivity index (χ2n) is 6.27. The molecule has 0 atom stereocenters. The van der Waals surface area contributed by atoms with E-state index < -0.39 is 0 Å². The summed E-state index contributed by atoms with van der Waals surface area (Å²) < 4.78 is 10.4. The molecule has 3 rings (SSSR count). The maximum absolute atomic E-state index is 11.2. The summed E-state index contributed by atoms with van der Waals surface area (Å²) in [6.45, 7) is 0.682. The number of hydrogen-bond donors (Lipinski definition) is 1. The van der Waals surface area contributed by atoms with E-state index in [0.717, 1.165) is 24.2 Å². The number of anilines is 1. The van der Waals surface area contributed by atoms with Gasteiger partial charge in [-0.15, -0.1) is 11.3 Å². The molecule has 3 aromatic rings. The average molecular weight is 410 g/mol. The molecule has 0 amide bonds. The van der Waals surface area contributed by atoms with Crippen LogP contribution in [0.4, 0.5) is 5.13 Å². The molecule has 0 radical (unpaired) electrons. The van der Waals surface area contributed by atoms with E-state index in [1.54, 1.807) is 11.6 Å². The monoisotopic (exact) mass is 409 g/mol. The summed E-state index contributed by atoms with van der Waals surface area (Å²) in [5, 5.41) is 6.61. The molecule has 29 heavy (non-hydrogen) atoms. The molecule has 0 saturated carbocycles. The fourth-order valence-corrected chi connectivity index (χ4v) is 3.24. The summed E-state index contributed by atoms with van der Waals surface area (Å²) in [7, 11) is 1.36. The first-order chi connectivity index (χ1) is 14.2. The first kappa shape index (κ1) is 20.5. The van der Waals surface area contributed by atoms with E-state index in [2.05, 4.69) is 44.5 Å². The second-order valence-corrected chi connectivity index (χ2v) is 7.13. The van der Waals surface area contributed by atoms with Crippen LogP contribution in [0, 0.1) is 0 Å². The molecule has 0 aliphatic heterocycles. The summed E-state index contributed by atoms with van der Waals surface area (Å²) in [6, 6.07) is 18.2. The number of esters is 1. The van der Waals surface area contributed by atoms with Crippen LogP contribution in [0.3, 0.4) is 0 Å². The van der Waals surface area contributed by atoms with Crippen LogP contribution in [0.1, 0.15) is 23.2 Å². The molecule has 0 spiro atoms. The lowest BCUT2D eigenvalue weighted by atomic mass is 10.1. The first-order valence-corrected chi connectivity index (χ1v) is 10.2. The van der Waals surface area contributed by atoms with Gasteiger partial charge in [-0.1, -0.05) is 30.3 Å². The van der Waals surface area contributed by atoms with Gasteiger partial charge < -0.3 is 9.47 Å². The highest BCUT2D eigenvalue weighted by Gasteiger charge is 2.06.